The summed E-state index contributed by atoms with van der Waals surface area (Å²) < 4.78 is 0. The topological polar surface area (TPSA) is 60.9 Å². The van der Waals surface area contributed by atoms with E-state index in [-0.39, 0.29) is 6.03 Å². The van der Waals surface area contributed by atoms with Gasteiger partial charge in [-0.3, -0.25) is 0 Å². The molecule has 1 rings (SSSR count). The van der Waals surface area contributed by atoms with Crippen LogP contribution in [0.4, 0.5) is 4.79 Å². The van der Waals surface area contributed by atoms with Crippen LogP contribution in [0, 0.1) is 0 Å². The summed E-state index contributed by atoms with van der Waals surface area (Å²) in [6, 6.07) is -0.888. The highest BCUT2D eigenvalue weighted by molar-refractivity contribution is 7.99. The zero-order chi connectivity index (χ0) is 12.8. The molecule has 0 spiro atoms. The summed E-state index contributed by atoms with van der Waals surface area (Å²) in [7, 11) is 1.70. The van der Waals surface area contributed by atoms with E-state index in [4.69, 9.17) is 5.11 Å². The third-order valence-corrected chi connectivity index (χ3v) is 3.65. The summed E-state index contributed by atoms with van der Waals surface area (Å²) in [5.74, 6) is 0.00578. The van der Waals surface area contributed by atoms with Crippen LogP contribution in [0.2, 0.25) is 0 Å². The number of rotatable bonds is 5. The Hall–Kier alpha value is -1.17. The van der Waals surface area contributed by atoms with Gasteiger partial charge in [-0.1, -0.05) is 6.08 Å². The molecule has 0 bridgehead atoms. The van der Waals surface area contributed by atoms with Gasteiger partial charge in [-0.15, -0.1) is 18.3 Å². The molecule has 96 valence electrons. The van der Waals surface area contributed by atoms with Gasteiger partial charge in [-0.05, 0) is 12.8 Å². The Bertz CT molecular complexity index is 309. The number of nitrogens with zero attached hydrogens (tertiary/aromatic N) is 2. The number of carbonyl (C=O) groups is 2. The standard InChI is InChI=1S/C11H18N2O3S/c1-3-4-5-6-12(2)11(16)13-8-17-7-9(13)10(14)15/h3,9H,1,4-8H2,2H3,(H,14,15)/t9-/m0/s1. The molecule has 0 aliphatic carbocycles. The molecule has 1 saturated heterocycles. The fraction of sp³-hybridized carbons (Fsp3) is 0.636. The number of aliphatic carboxylic acids is 1. The highest BCUT2D eigenvalue weighted by atomic mass is 32.2. The fourth-order valence-corrected chi connectivity index (χ4v) is 2.76. The Kier molecular flexibility index (Phi) is 5.34. The van der Waals surface area contributed by atoms with E-state index in [1.165, 1.54) is 16.7 Å². The number of urea groups is 1. The molecule has 2 amide bonds. The van der Waals surface area contributed by atoms with Crippen LogP contribution < -0.4 is 0 Å². The van der Waals surface area contributed by atoms with Gasteiger partial charge in [0.25, 0.3) is 0 Å². The van der Waals surface area contributed by atoms with E-state index in [1.54, 1.807) is 11.9 Å². The molecule has 1 fully saturated rings. The van der Waals surface area contributed by atoms with Crippen LogP contribution in [0.5, 0.6) is 0 Å². The van der Waals surface area contributed by atoms with E-state index in [9.17, 15) is 9.59 Å². The molecule has 1 aliphatic rings. The minimum atomic E-state index is -0.928. The predicted molar refractivity (Wildman–Crippen MR) is 68.0 cm³/mol. The van der Waals surface area contributed by atoms with Crippen LogP contribution in [0.25, 0.3) is 0 Å². The summed E-state index contributed by atoms with van der Waals surface area (Å²) in [4.78, 5) is 26.0. The third kappa shape index (κ3) is 3.66. The number of unbranched alkanes of at least 4 members (excludes halogenated alkanes) is 1. The summed E-state index contributed by atoms with van der Waals surface area (Å²) in [6.45, 7) is 4.24. The highest BCUT2D eigenvalue weighted by Crippen LogP contribution is 2.22. The van der Waals surface area contributed by atoms with Crippen LogP contribution in [0.15, 0.2) is 12.7 Å². The SMILES string of the molecule is C=CCCCN(C)C(=O)N1CSC[C@H]1C(=O)O. The van der Waals surface area contributed by atoms with Gasteiger partial charge in [0, 0.05) is 19.3 Å². The predicted octanol–water partition coefficient (Wildman–Crippen LogP) is 1.46. The second-order valence-electron chi connectivity index (χ2n) is 3.96. The second-order valence-corrected chi connectivity index (χ2v) is 4.96. The van der Waals surface area contributed by atoms with Crippen LogP contribution >= 0.6 is 11.8 Å². The molecule has 0 saturated carbocycles. The average molecular weight is 258 g/mol. The smallest absolute Gasteiger partial charge is 0.327 e. The lowest BCUT2D eigenvalue weighted by molar-refractivity contribution is -0.140. The number of carboxylic acid groups (broad SMARTS) is 1. The maximum atomic E-state index is 12.0. The van der Waals surface area contributed by atoms with E-state index in [1.807, 2.05) is 6.08 Å². The number of carboxylic acids is 1. The van der Waals surface area contributed by atoms with E-state index in [0.29, 0.717) is 18.2 Å². The minimum Gasteiger partial charge on any atom is -0.480 e. The Balaban J connectivity index is 2.50. The average Bonchev–Trinajstić information content (AvgIpc) is 2.77. The maximum absolute atomic E-state index is 12.0. The van der Waals surface area contributed by atoms with Crippen LogP contribution in [-0.2, 0) is 4.79 Å². The molecular formula is C11H18N2O3S. The number of hydrogen-bond donors (Lipinski definition) is 1. The normalized spacial score (nSPS) is 19.1. The molecule has 0 aromatic heterocycles. The van der Waals surface area contributed by atoms with Crippen molar-refractivity contribution >= 4 is 23.8 Å². The van der Waals surface area contributed by atoms with Crippen molar-refractivity contribution in [3.8, 4) is 0 Å². The lowest BCUT2D eigenvalue weighted by Gasteiger charge is -2.26. The molecule has 6 heteroatoms. The van der Waals surface area contributed by atoms with E-state index < -0.39 is 12.0 Å². The van der Waals surface area contributed by atoms with Crippen molar-refractivity contribution in [2.45, 2.75) is 18.9 Å². The van der Waals surface area contributed by atoms with Crippen molar-refractivity contribution in [1.29, 1.82) is 0 Å². The molecule has 1 heterocycles. The Morgan fingerprint density at radius 3 is 2.94 bits per heavy atom. The van der Waals surface area contributed by atoms with E-state index >= 15 is 0 Å². The molecule has 0 radical (unpaired) electrons. The first-order valence-corrected chi connectivity index (χ1v) is 6.66. The number of thioether (sulfide) groups is 1. The first-order valence-electron chi connectivity index (χ1n) is 5.51. The quantitative estimate of drug-likeness (QED) is 0.599. The molecule has 17 heavy (non-hydrogen) atoms. The van der Waals surface area contributed by atoms with Crippen molar-refractivity contribution in [1.82, 2.24) is 9.80 Å². The molecule has 0 unspecified atom stereocenters. The zero-order valence-corrected chi connectivity index (χ0v) is 10.8. The summed E-state index contributed by atoms with van der Waals surface area (Å²) in [5, 5.41) is 8.99. The Labute approximate surface area is 105 Å². The minimum absolute atomic E-state index is 0.202. The second kappa shape index (κ2) is 6.54. The van der Waals surface area contributed by atoms with Crippen LogP contribution in [0.1, 0.15) is 12.8 Å². The van der Waals surface area contributed by atoms with Gasteiger partial charge in [0.1, 0.15) is 6.04 Å². The molecule has 1 atom stereocenters. The molecule has 0 aromatic rings. The van der Waals surface area contributed by atoms with Gasteiger partial charge in [0.2, 0.25) is 0 Å². The fourth-order valence-electron chi connectivity index (χ4n) is 1.62. The van der Waals surface area contributed by atoms with Crippen molar-refractivity contribution in [3.63, 3.8) is 0 Å². The number of carbonyl (C=O) groups excluding carboxylic acids is 1. The first kappa shape index (κ1) is 13.9. The molecular weight excluding hydrogens is 240 g/mol. The van der Waals surface area contributed by atoms with Crippen LogP contribution in [0.3, 0.4) is 0 Å². The van der Waals surface area contributed by atoms with Crippen molar-refractivity contribution < 1.29 is 14.7 Å². The zero-order valence-electron chi connectivity index (χ0n) is 9.96. The largest absolute Gasteiger partial charge is 0.480 e. The van der Waals surface area contributed by atoms with Gasteiger partial charge in [0.05, 0.1) is 5.88 Å². The van der Waals surface area contributed by atoms with Gasteiger partial charge in [0.15, 0.2) is 0 Å². The summed E-state index contributed by atoms with van der Waals surface area (Å²) in [6.07, 6.45) is 3.52. The van der Waals surface area contributed by atoms with Crippen molar-refractivity contribution in [3.05, 3.63) is 12.7 Å². The van der Waals surface area contributed by atoms with E-state index in [0.717, 1.165) is 12.8 Å². The number of hydrogen-bond acceptors (Lipinski definition) is 3. The monoisotopic (exact) mass is 258 g/mol. The van der Waals surface area contributed by atoms with Gasteiger partial charge in [-0.25, -0.2) is 9.59 Å². The molecule has 0 aromatic carbocycles. The summed E-state index contributed by atoms with van der Waals surface area (Å²) >= 11 is 1.47. The molecule has 5 nitrogen and oxygen atoms in total. The molecule has 1 N–H and O–H groups in total. The summed E-state index contributed by atoms with van der Waals surface area (Å²) in [5.41, 5.74) is 0. The number of allylic oxidation sites excluding steroid dienone is 1. The van der Waals surface area contributed by atoms with Crippen LogP contribution in [-0.4, -0.2) is 58.2 Å². The maximum Gasteiger partial charge on any atom is 0.327 e. The van der Waals surface area contributed by atoms with Crippen molar-refractivity contribution in [2.75, 3.05) is 25.2 Å². The van der Waals surface area contributed by atoms with Gasteiger partial charge >= 0.3 is 12.0 Å². The van der Waals surface area contributed by atoms with E-state index in [2.05, 4.69) is 6.58 Å². The number of amides is 2. The lowest BCUT2D eigenvalue weighted by Crippen LogP contribution is -2.47. The Morgan fingerprint density at radius 1 is 1.65 bits per heavy atom. The molecule has 1 aliphatic heterocycles. The third-order valence-electron chi connectivity index (χ3n) is 2.64. The Morgan fingerprint density at radius 2 is 2.35 bits per heavy atom. The van der Waals surface area contributed by atoms with Gasteiger partial charge in [-0.2, -0.15) is 0 Å². The highest BCUT2D eigenvalue weighted by Gasteiger charge is 2.35. The van der Waals surface area contributed by atoms with Crippen molar-refractivity contribution in [2.24, 2.45) is 0 Å². The van der Waals surface area contributed by atoms with Gasteiger partial charge < -0.3 is 14.9 Å². The first-order chi connectivity index (χ1) is 8.07. The lowest BCUT2D eigenvalue weighted by atomic mass is 10.3.